The summed E-state index contributed by atoms with van der Waals surface area (Å²) >= 11 is 3.39. The highest BCUT2D eigenvalue weighted by atomic mass is 79.9. The van der Waals surface area contributed by atoms with E-state index in [9.17, 15) is 9.59 Å². The topological polar surface area (TPSA) is 81.4 Å². The van der Waals surface area contributed by atoms with Crippen molar-refractivity contribution in [2.45, 2.75) is 27.2 Å². The van der Waals surface area contributed by atoms with Crippen LogP contribution in [-0.2, 0) is 16.0 Å². The van der Waals surface area contributed by atoms with E-state index < -0.39 is 11.9 Å². The molecule has 0 bridgehead atoms. The molecule has 1 N–H and O–H groups in total. The Bertz CT molecular complexity index is 740. The van der Waals surface area contributed by atoms with Crippen molar-refractivity contribution in [2.75, 3.05) is 11.9 Å². The number of esters is 1. The molecule has 2 rings (SSSR count). The Morgan fingerprint density at radius 1 is 1.35 bits per heavy atom. The van der Waals surface area contributed by atoms with Gasteiger partial charge in [0, 0.05) is 10.2 Å². The highest BCUT2D eigenvalue weighted by molar-refractivity contribution is 9.10. The van der Waals surface area contributed by atoms with Gasteiger partial charge in [-0.1, -0.05) is 28.0 Å². The molecule has 2 aromatic rings. The van der Waals surface area contributed by atoms with E-state index in [1.165, 1.54) is 0 Å². The largest absolute Gasteiger partial charge is 0.452 e. The van der Waals surface area contributed by atoms with Gasteiger partial charge in [0.25, 0.3) is 5.91 Å². The number of aryl methyl sites for hydroxylation is 3. The average molecular weight is 381 g/mol. The normalized spacial score (nSPS) is 10.4. The quantitative estimate of drug-likeness (QED) is 0.803. The van der Waals surface area contributed by atoms with Crippen LogP contribution in [0.25, 0.3) is 0 Å². The van der Waals surface area contributed by atoms with Gasteiger partial charge >= 0.3 is 5.97 Å². The number of nitrogens with zero attached hydrogens (tertiary/aromatic N) is 1. The lowest BCUT2D eigenvalue weighted by Gasteiger charge is -2.08. The van der Waals surface area contributed by atoms with E-state index in [0.717, 1.165) is 10.0 Å². The van der Waals surface area contributed by atoms with E-state index in [4.69, 9.17) is 9.26 Å². The Labute approximate surface area is 142 Å². The second-order valence-electron chi connectivity index (χ2n) is 5.00. The molecule has 0 spiro atoms. The van der Waals surface area contributed by atoms with Gasteiger partial charge in [0.05, 0.1) is 5.69 Å². The maximum atomic E-state index is 12.1. The molecule has 1 heterocycles. The van der Waals surface area contributed by atoms with Crippen molar-refractivity contribution in [3.05, 3.63) is 45.3 Å². The first-order valence-corrected chi connectivity index (χ1v) is 7.90. The van der Waals surface area contributed by atoms with E-state index in [-0.39, 0.29) is 6.61 Å². The first-order chi connectivity index (χ1) is 10.9. The van der Waals surface area contributed by atoms with Gasteiger partial charge in [-0.3, -0.25) is 4.79 Å². The zero-order chi connectivity index (χ0) is 17.0. The third-order valence-electron chi connectivity index (χ3n) is 3.25. The van der Waals surface area contributed by atoms with Gasteiger partial charge < -0.3 is 14.6 Å². The lowest BCUT2D eigenvalue weighted by Crippen LogP contribution is -2.21. The van der Waals surface area contributed by atoms with Crippen molar-refractivity contribution < 1.29 is 18.8 Å². The van der Waals surface area contributed by atoms with Crippen molar-refractivity contribution in [3.8, 4) is 0 Å². The second-order valence-corrected chi connectivity index (χ2v) is 5.86. The second kappa shape index (κ2) is 7.41. The molecule has 0 radical (unpaired) electrons. The number of amides is 1. The van der Waals surface area contributed by atoms with Crippen LogP contribution in [0.5, 0.6) is 0 Å². The van der Waals surface area contributed by atoms with Crippen molar-refractivity contribution in [3.63, 3.8) is 0 Å². The number of nitrogens with one attached hydrogen (secondary N) is 1. The first-order valence-electron chi connectivity index (χ1n) is 7.10. The summed E-state index contributed by atoms with van der Waals surface area (Å²) in [6.07, 6.45) is 0.548. The van der Waals surface area contributed by atoms with Gasteiger partial charge in [-0.25, -0.2) is 4.79 Å². The maximum Gasteiger partial charge on any atom is 0.344 e. The van der Waals surface area contributed by atoms with E-state index in [2.05, 4.69) is 26.4 Å². The van der Waals surface area contributed by atoms with Crippen LogP contribution in [0.2, 0.25) is 0 Å². The molecule has 1 amide bonds. The van der Waals surface area contributed by atoms with Crippen molar-refractivity contribution in [1.29, 1.82) is 0 Å². The molecular formula is C16H17BrN2O4. The SMILES string of the molecule is CCc1noc(C)c1C(=O)OCC(=O)Nc1ccc(Br)c(C)c1. The number of benzene rings is 1. The van der Waals surface area contributed by atoms with Crippen molar-refractivity contribution >= 4 is 33.5 Å². The summed E-state index contributed by atoms with van der Waals surface area (Å²) in [5, 5.41) is 6.47. The fourth-order valence-electron chi connectivity index (χ4n) is 2.04. The van der Waals surface area contributed by atoms with E-state index in [1.807, 2.05) is 26.0 Å². The summed E-state index contributed by atoms with van der Waals surface area (Å²) in [7, 11) is 0. The van der Waals surface area contributed by atoms with Gasteiger partial charge in [0.15, 0.2) is 6.61 Å². The Morgan fingerprint density at radius 2 is 2.09 bits per heavy atom. The zero-order valence-electron chi connectivity index (χ0n) is 13.1. The van der Waals surface area contributed by atoms with Gasteiger partial charge in [-0.05, 0) is 44.0 Å². The predicted molar refractivity (Wildman–Crippen MR) is 88.4 cm³/mol. The van der Waals surface area contributed by atoms with Crippen molar-refractivity contribution in [1.82, 2.24) is 5.16 Å². The highest BCUT2D eigenvalue weighted by Crippen LogP contribution is 2.20. The third-order valence-corrected chi connectivity index (χ3v) is 4.14. The van der Waals surface area contributed by atoms with Crippen LogP contribution in [0, 0.1) is 13.8 Å². The Balaban J connectivity index is 1.94. The number of carbonyl (C=O) groups is 2. The lowest BCUT2D eigenvalue weighted by molar-refractivity contribution is -0.119. The molecule has 1 aromatic carbocycles. The molecule has 7 heteroatoms. The standard InChI is InChI=1S/C16H17BrN2O4/c1-4-13-15(10(3)23-19-13)16(21)22-8-14(20)18-11-5-6-12(17)9(2)7-11/h5-7H,4,8H2,1-3H3,(H,18,20). The smallest absolute Gasteiger partial charge is 0.344 e. The molecule has 0 saturated carbocycles. The van der Waals surface area contributed by atoms with E-state index in [1.54, 1.807) is 13.0 Å². The predicted octanol–water partition coefficient (Wildman–Crippen LogP) is 3.41. The number of carbonyl (C=O) groups excluding carboxylic acids is 2. The van der Waals surface area contributed by atoms with Gasteiger partial charge in [0.1, 0.15) is 11.3 Å². The van der Waals surface area contributed by atoms with Crippen LogP contribution in [-0.4, -0.2) is 23.6 Å². The van der Waals surface area contributed by atoms with Gasteiger partial charge in [0.2, 0.25) is 0 Å². The molecule has 23 heavy (non-hydrogen) atoms. The fraction of sp³-hybridized carbons (Fsp3) is 0.312. The van der Waals surface area contributed by atoms with Gasteiger partial charge in [-0.15, -0.1) is 0 Å². The molecule has 0 unspecified atom stereocenters. The summed E-state index contributed by atoms with van der Waals surface area (Å²) in [6, 6.07) is 5.42. The summed E-state index contributed by atoms with van der Waals surface area (Å²) in [6.45, 7) is 5.03. The number of hydrogen-bond donors (Lipinski definition) is 1. The monoisotopic (exact) mass is 380 g/mol. The van der Waals surface area contributed by atoms with Gasteiger partial charge in [-0.2, -0.15) is 0 Å². The first kappa shape index (κ1) is 17.2. The Morgan fingerprint density at radius 3 is 2.74 bits per heavy atom. The zero-order valence-corrected chi connectivity index (χ0v) is 14.7. The molecule has 6 nitrogen and oxygen atoms in total. The number of hydrogen-bond acceptors (Lipinski definition) is 5. The minimum absolute atomic E-state index is 0.291. The molecule has 0 aliphatic carbocycles. The summed E-state index contributed by atoms with van der Waals surface area (Å²) < 4.78 is 11.0. The molecule has 1 aromatic heterocycles. The van der Waals surface area contributed by atoms with Crippen LogP contribution in [0.4, 0.5) is 5.69 Å². The fourth-order valence-corrected chi connectivity index (χ4v) is 2.29. The van der Waals surface area contributed by atoms with Crippen LogP contribution >= 0.6 is 15.9 Å². The number of ether oxygens (including phenoxy) is 1. The average Bonchev–Trinajstić information content (AvgIpc) is 2.89. The highest BCUT2D eigenvalue weighted by Gasteiger charge is 2.21. The molecule has 0 atom stereocenters. The third kappa shape index (κ3) is 4.19. The lowest BCUT2D eigenvalue weighted by atomic mass is 10.1. The van der Waals surface area contributed by atoms with E-state index in [0.29, 0.717) is 29.1 Å². The molecule has 122 valence electrons. The van der Waals surface area contributed by atoms with Crippen LogP contribution in [0.1, 0.15) is 34.3 Å². The molecule has 0 fully saturated rings. The van der Waals surface area contributed by atoms with E-state index >= 15 is 0 Å². The van der Waals surface area contributed by atoms with Crippen LogP contribution in [0.3, 0.4) is 0 Å². The summed E-state index contributed by atoms with van der Waals surface area (Å²) in [4.78, 5) is 23.9. The maximum absolute atomic E-state index is 12.1. The Kier molecular flexibility index (Phi) is 5.54. The summed E-state index contributed by atoms with van der Waals surface area (Å²) in [5.74, 6) is -0.634. The number of rotatable bonds is 5. The number of halogens is 1. The molecule has 0 aliphatic heterocycles. The minimum Gasteiger partial charge on any atom is -0.452 e. The number of anilines is 1. The Hall–Kier alpha value is -2.15. The molecular weight excluding hydrogens is 364 g/mol. The molecule has 0 aliphatic rings. The number of aromatic nitrogens is 1. The van der Waals surface area contributed by atoms with Crippen molar-refractivity contribution in [2.24, 2.45) is 0 Å². The molecule has 0 saturated heterocycles. The minimum atomic E-state index is -0.609. The summed E-state index contributed by atoms with van der Waals surface area (Å²) in [5.41, 5.74) is 2.45. The van der Waals surface area contributed by atoms with Crippen LogP contribution < -0.4 is 5.32 Å². The van der Waals surface area contributed by atoms with Crippen LogP contribution in [0.15, 0.2) is 27.2 Å².